The van der Waals surface area contributed by atoms with E-state index in [1.807, 2.05) is 7.05 Å². The lowest BCUT2D eigenvalue weighted by molar-refractivity contribution is -0.135. The highest BCUT2D eigenvalue weighted by Gasteiger charge is 2.18. The maximum atomic E-state index is 11.9. The fourth-order valence-corrected chi connectivity index (χ4v) is 2.42. The summed E-state index contributed by atoms with van der Waals surface area (Å²) in [6.07, 6.45) is 5.64. The Kier molecular flexibility index (Phi) is 17.9. The van der Waals surface area contributed by atoms with Gasteiger partial charge in [-0.25, -0.2) is 0 Å². The monoisotopic (exact) mass is 336 g/mol. The molecular formula is C16H33FN2O4. The van der Waals surface area contributed by atoms with Gasteiger partial charge < -0.3 is 20.4 Å². The van der Waals surface area contributed by atoms with Crippen LogP contribution in [-0.4, -0.2) is 67.0 Å². The number of carboxylic acid groups (broad SMARTS) is 2. The van der Waals surface area contributed by atoms with Crippen LogP contribution >= 0.6 is 0 Å². The summed E-state index contributed by atoms with van der Waals surface area (Å²) in [5.41, 5.74) is 0. The first-order chi connectivity index (χ1) is 10.8. The van der Waals surface area contributed by atoms with Crippen molar-refractivity contribution in [3.05, 3.63) is 0 Å². The number of nitrogens with zero attached hydrogens (tertiary/aromatic N) is 1. The molecule has 138 valence electrons. The van der Waals surface area contributed by atoms with Crippen molar-refractivity contribution in [2.24, 2.45) is 5.92 Å². The van der Waals surface area contributed by atoms with Crippen molar-refractivity contribution in [3.8, 4) is 0 Å². The number of carbonyl (C=O) groups is 2. The number of alkyl halides is 1. The van der Waals surface area contributed by atoms with Crippen LogP contribution in [0.15, 0.2) is 0 Å². The second-order valence-electron chi connectivity index (χ2n) is 5.65. The highest BCUT2D eigenvalue weighted by molar-refractivity contribution is 5.63. The molecule has 1 aliphatic rings. The normalized spacial score (nSPS) is 17.3. The number of likely N-dealkylation sites (tertiary alicyclic amines) is 1. The Morgan fingerprint density at radius 3 is 2.22 bits per heavy atom. The van der Waals surface area contributed by atoms with Crippen LogP contribution in [0, 0.1) is 5.92 Å². The molecule has 0 aromatic heterocycles. The lowest BCUT2D eigenvalue weighted by Gasteiger charge is -2.32. The predicted molar refractivity (Wildman–Crippen MR) is 89.5 cm³/mol. The van der Waals surface area contributed by atoms with Gasteiger partial charge in [0.2, 0.25) is 0 Å². The molecule has 6 nitrogen and oxygen atoms in total. The summed E-state index contributed by atoms with van der Waals surface area (Å²) in [7, 11) is 2.03. The molecule has 0 spiro atoms. The second-order valence-corrected chi connectivity index (χ2v) is 5.65. The molecule has 0 amide bonds. The molecule has 0 bridgehead atoms. The Bertz CT molecular complexity index is 282. The number of nitrogens with one attached hydrogen (secondary N) is 1. The third-order valence-electron chi connectivity index (χ3n) is 3.20. The van der Waals surface area contributed by atoms with Crippen molar-refractivity contribution in [1.29, 1.82) is 0 Å². The van der Waals surface area contributed by atoms with Crippen LogP contribution in [0.3, 0.4) is 0 Å². The van der Waals surface area contributed by atoms with Crippen molar-refractivity contribution in [2.75, 3.05) is 39.9 Å². The molecule has 0 saturated carbocycles. The predicted octanol–water partition coefficient (Wildman–Crippen LogP) is 2.24. The minimum Gasteiger partial charge on any atom is -0.481 e. The maximum Gasteiger partial charge on any atom is 0.300 e. The van der Waals surface area contributed by atoms with Gasteiger partial charge in [0, 0.05) is 20.4 Å². The van der Waals surface area contributed by atoms with Crippen LogP contribution in [0.5, 0.6) is 0 Å². The zero-order valence-corrected chi connectivity index (χ0v) is 14.7. The number of halogens is 1. The van der Waals surface area contributed by atoms with E-state index in [0.29, 0.717) is 0 Å². The first-order valence-electron chi connectivity index (χ1n) is 8.15. The Morgan fingerprint density at radius 2 is 1.74 bits per heavy atom. The molecule has 1 unspecified atom stereocenters. The standard InChI is InChI=1S/C12H25FN2.2C2H4O2/c1-14-10-12-6-5-9-15(11-12)8-4-2-3-7-13;2*1-2(3)4/h12,14H,2-11H2,1H3;2*1H3,(H,3,4). The van der Waals surface area contributed by atoms with Gasteiger partial charge in [-0.15, -0.1) is 0 Å². The molecule has 1 fully saturated rings. The van der Waals surface area contributed by atoms with Gasteiger partial charge >= 0.3 is 0 Å². The van der Waals surface area contributed by atoms with Gasteiger partial charge in [-0.3, -0.25) is 14.0 Å². The second kappa shape index (κ2) is 17.1. The van der Waals surface area contributed by atoms with Crippen molar-refractivity contribution >= 4 is 11.9 Å². The van der Waals surface area contributed by atoms with E-state index >= 15 is 0 Å². The lowest BCUT2D eigenvalue weighted by Crippen LogP contribution is -2.39. The topological polar surface area (TPSA) is 89.9 Å². The summed E-state index contributed by atoms with van der Waals surface area (Å²) >= 11 is 0. The third kappa shape index (κ3) is 23.2. The fourth-order valence-electron chi connectivity index (χ4n) is 2.42. The Labute approximate surface area is 139 Å². The van der Waals surface area contributed by atoms with Crippen LogP contribution in [0.2, 0.25) is 0 Å². The first-order valence-corrected chi connectivity index (χ1v) is 8.15. The molecule has 0 radical (unpaired) electrons. The van der Waals surface area contributed by atoms with Gasteiger partial charge in [0.05, 0.1) is 6.67 Å². The van der Waals surface area contributed by atoms with Crippen molar-refractivity contribution in [2.45, 2.75) is 46.0 Å². The summed E-state index contributed by atoms with van der Waals surface area (Å²) in [5, 5.41) is 18.1. The molecule has 23 heavy (non-hydrogen) atoms. The summed E-state index contributed by atoms with van der Waals surface area (Å²) in [4.78, 5) is 20.5. The highest BCUT2D eigenvalue weighted by Crippen LogP contribution is 2.16. The van der Waals surface area contributed by atoms with Crippen LogP contribution < -0.4 is 5.32 Å². The van der Waals surface area contributed by atoms with Crippen molar-refractivity contribution in [1.82, 2.24) is 10.2 Å². The molecule has 7 heteroatoms. The van der Waals surface area contributed by atoms with Gasteiger partial charge in [-0.1, -0.05) is 0 Å². The molecule has 0 aromatic rings. The average molecular weight is 336 g/mol. The number of piperidine rings is 1. The quantitative estimate of drug-likeness (QED) is 0.618. The van der Waals surface area contributed by atoms with E-state index in [0.717, 1.165) is 45.6 Å². The van der Waals surface area contributed by atoms with E-state index in [9.17, 15) is 4.39 Å². The number of aliphatic carboxylic acids is 2. The number of carboxylic acids is 2. The summed E-state index contributed by atoms with van der Waals surface area (Å²) in [5.74, 6) is -0.843. The van der Waals surface area contributed by atoms with Gasteiger partial charge in [0.25, 0.3) is 11.9 Å². The van der Waals surface area contributed by atoms with Crippen molar-refractivity contribution in [3.63, 3.8) is 0 Å². The number of hydrogen-bond donors (Lipinski definition) is 3. The van der Waals surface area contributed by atoms with E-state index < -0.39 is 11.9 Å². The van der Waals surface area contributed by atoms with Crippen molar-refractivity contribution < 1.29 is 24.2 Å². The number of hydrogen-bond acceptors (Lipinski definition) is 4. The van der Waals surface area contributed by atoms with E-state index in [4.69, 9.17) is 19.8 Å². The number of rotatable bonds is 7. The molecule has 0 aliphatic carbocycles. The molecule has 1 atom stereocenters. The first kappa shape index (κ1) is 24.0. The average Bonchev–Trinajstić information content (AvgIpc) is 2.43. The minimum atomic E-state index is -0.833. The van der Waals surface area contributed by atoms with Gasteiger partial charge in [0.15, 0.2) is 0 Å². The van der Waals surface area contributed by atoms with Gasteiger partial charge in [-0.05, 0) is 64.7 Å². The smallest absolute Gasteiger partial charge is 0.300 e. The molecule has 1 rings (SSSR count). The molecule has 0 aromatic carbocycles. The lowest BCUT2D eigenvalue weighted by atomic mass is 9.98. The molecule has 1 saturated heterocycles. The van der Waals surface area contributed by atoms with Crippen LogP contribution in [0.1, 0.15) is 46.0 Å². The van der Waals surface area contributed by atoms with Crippen LogP contribution in [-0.2, 0) is 9.59 Å². The van der Waals surface area contributed by atoms with E-state index in [-0.39, 0.29) is 6.67 Å². The van der Waals surface area contributed by atoms with E-state index in [2.05, 4.69) is 10.2 Å². The SMILES string of the molecule is CC(=O)O.CC(=O)O.CNCC1CCCN(CCCCCF)C1. The Morgan fingerprint density at radius 1 is 1.17 bits per heavy atom. The third-order valence-corrected chi connectivity index (χ3v) is 3.20. The summed E-state index contributed by atoms with van der Waals surface area (Å²) in [6.45, 7) is 6.80. The van der Waals surface area contributed by atoms with Crippen LogP contribution in [0.25, 0.3) is 0 Å². The maximum absolute atomic E-state index is 11.9. The zero-order chi connectivity index (χ0) is 18.1. The molecule has 1 heterocycles. The molecule has 1 aliphatic heterocycles. The zero-order valence-electron chi connectivity index (χ0n) is 14.7. The Hall–Kier alpha value is -1.21. The highest BCUT2D eigenvalue weighted by atomic mass is 19.1. The van der Waals surface area contributed by atoms with Gasteiger partial charge in [0.1, 0.15) is 0 Å². The van der Waals surface area contributed by atoms with E-state index in [1.54, 1.807) is 0 Å². The Balaban J connectivity index is 0. The van der Waals surface area contributed by atoms with Crippen LogP contribution in [0.4, 0.5) is 4.39 Å². The number of unbranched alkanes of at least 4 members (excludes halogenated alkanes) is 2. The van der Waals surface area contributed by atoms with E-state index in [1.165, 1.54) is 32.5 Å². The van der Waals surface area contributed by atoms with Gasteiger partial charge in [-0.2, -0.15) is 0 Å². The largest absolute Gasteiger partial charge is 0.481 e. The summed E-state index contributed by atoms with van der Waals surface area (Å²) < 4.78 is 11.9. The molecular weight excluding hydrogens is 303 g/mol. The summed E-state index contributed by atoms with van der Waals surface area (Å²) in [6, 6.07) is 0. The fraction of sp³-hybridized carbons (Fsp3) is 0.875. The minimum absolute atomic E-state index is 0.150. The molecule has 3 N–H and O–H groups in total.